The van der Waals surface area contributed by atoms with Gasteiger partial charge in [0.05, 0.1) is 6.61 Å². The SMILES string of the molecule is CCON(C)c1nc(NC(C)C)nc(SC)n1. The third-order valence-corrected chi connectivity index (χ3v) is 2.36. The molecule has 0 aliphatic carbocycles. The van der Waals surface area contributed by atoms with Gasteiger partial charge in [-0.1, -0.05) is 11.8 Å². The molecule has 0 radical (unpaired) electrons. The van der Waals surface area contributed by atoms with Gasteiger partial charge in [-0.3, -0.25) is 4.84 Å². The molecule has 1 aromatic heterocycles. The average molecular weight is 257 g/mol. The number of aromatic nitrogens is 3. The highest BCUT2D eigenvalue weighted by Gasteiger charge is 2.10. The Morgan fingerprint density at radius 3 is 2.59 bits per heavy atom. The zero-order chi connectivity index (χ0) is 12.8. The first kappa shape index (κ1) is 14.0. The Bertz CT molecular complexity index is 361. The lowest BCUT2D eigenvalue weighted by atomic mass is 10.4. The fourth-order valence-electron chi connectivity index (χ4n) is 1.15. The Morgan fingerprint density at radius 1 is 1.35 bits per heavy atom. The number of rotatable bonds is 6. The van der Waals surface area contributed by atoms with E-state index >= 15 is 0 Å². The highest BCUT2D eigenvalue weighted by Crippen LogP contribution is 2.16. The summed E-state index contributed by atoms with van der Waals surface area (Å²) >= 11 is 1.48. The van der Waals surface area contributed by atoms with Crippen molar-refractivity contribution in [2.45, 2.75) is 32.0 Å². The lowest BCUT2D eigenvalue weighted by molar-refractivity contribution is 0.130. The number of anilines is 2. The van der Waals surface area contributed by atoms with E-state index in [1.807, 2.05) is 27.0 Å². The molecule has 0 atom stereocenters. The molecular weight excluding hydrogens is 238 g/mol. The summed E-state index contributed by atoms with van der Waals surface area (Å²) in [6, 6.07) is 0.275. The van der Waals surface area contributed by atoms with Crippen molar-refractivity contribution in [3.8, 4) is 0 Å². The van der Waals surface area contributed by atoms with Gasteiger partial charge in [-0.25, -0.2) is 5.06 Å². The van der Waals surface area contributed by atoms with Crippen LogP contribution in [0, 0.1) is 0 Å². The second kappa shape index (κ2) is 6.61. The maximum absolute atomic E-state index is 5.33. The summed E-state index contributed by atoms with van der Waals surface area (Å²) < 4.78 is 0. The summed E-state index contributed by atoms with van der Waals surface area (Å²) in [6.45, 7) is 6.56. The van der Waals surface area contributed by atoms with Gasteiger partial charge in [-0.2, -0.15) is 15.0 Å². The molecule has 0 aliphatic heterocycles. The standard InChI is InChI=1S/C10H19N5OS/c1-6-16-15(4)9-12-8(11-7(2)3)13-10(14-9)17-5/h7H,6H2,1-5H3,(H,11,12,13,14). The van der Waals surface area contributed by atoms with Crippen molar-refractivity contribution in [1.29, 1.82) is 0 Å². The van der Waals surface area contributed by atoms with Gasteiger partial charge in [0.2, 0.25) is 5.95 Å². The van der Waals surface area contributed by atoms with Crippen LogP contribution < -0.4 is 10.4 Å². The number of hydrogen-bond acceptors (Lipinski definition) is 7. The normalized spacial score (nSPS) is 10.7. The van der Waals surface area contributed by atoms with Crippen molar-refractivity contribution in [2.24, 2.45) is 0 Å². The maximum atomic E-state index is 5.33. The topological polar surface area (TPSA) is 63.2 Å². The lowest BCUT2D eigenvalue weighted by Crippen LogP contribution is -2.22. The minimum Gasteiger partial charge on any atom is -0.352 e. The summed E-state index contributed by atoms with van der Waals surface area (Å²) in [4.78, 5) is 18.2. The van der Waals surface area contributed by atoms with Crippen LogP contribution in [0.1, 0.15) is 20.8 Å². The van der Waals surface area contributed by atoms with Gasteiger partial charge >= 0.3 is 0 Å². The van der Waals surface area contributed by atoms with Crippen LogP contribution in [0.15, 0.2) is 5.16 Å². The molecule has 96 valence electrons. The summed E-state index contributed by atoms with van der Waals surface area (Å²) in [6.07, 6.45) is 1.93. The van der Waals surface area contributed by atoms with Gasteiger partial charge in [0, 0.05) is 13.1 Å². The Balaban J connectivity index is 2.96. The van der Waals surface area contributed by atoms with E-state index in [9.17, 15) is 0 Å². The molecule has 0 saturated heterocycles. The third kappa shape index (κ3) is 4.35. The molecule has 0 aliphatic rings. The van der Waals surface area contributed by atoms with Crippen molar-refractivity contribution in [2.75, 3.05) is 30.3 Å². The molecular formula is C10H19N5OS. The van der Waals surface area contributed by atoms with Crippen LogP contribution in [0.4, 0.5) is 11.9 Å². The largest absolute Gasteiger partial charge is 0.352 e. The molecule has 6 nitrogen and oxygen atoms in total. The zero-order valence-corrected chi connectivity index (χ0v) is 11.7. The van der Waals surface area contributed by atoms with Gasteiger partial charge in [0.25, 0.3) is 5.95 Å². The quantitative estimate of drug-likeness (QED) is 0.616. The summed E-state index contributed by atoms with van der Waals surface area (Å²) in [5, 5.41) is 5.38. The molecule has 0 fully saturated rings. The van der Waals surface area contributed by atoms with Crippen LogP contribution in [0.5, 0.6) is 0 Å². The molecule has 0 unspecified atom stereocenters. The molecule has 0 bridgehead atoms. The van der Waals surface area contributed by atoms with E-state index in [1.165, 1.54) is 11.8 Å². The molecule has 7 heteroatoms. The van der Waals surface area contributed by atoms with E-state index < -0.39 is 0 Å². The highest BCUT2D eigenvalue weighted by molar-refractivity contribution is 7.98. The zero-order valence-electron chi connectivity index (χ0n) is 10.9. The van der Waals surface area contributed by atoms with Crippen LogP contribution in [-0.4, -0.2) is 40.9 Å². The van der Waals surface area contributed by atoms with Crippen LogP contribution in [0.25, 0.3) is 0 Å². The minimum atomic E-state index is 0.275. The van der Waals surface area contributed by atoms with Crippen LogP contribution in [0.2, 0.25) is 0 Å². The molecule has 0 saturated carbocycles. The fraction of sp³-hybridized carbons (Fsp3) is 0.700. The van der Waals surface area contributed by atoms with Gasteiger partial charge in [0.1, 0.15) is 0 Å². The number of thioether (sulfide) groups is 1. The average Bonchev–Trinajstić information content (AvgIpc) is 2.28. The van der Waals surface area contributed by atoms with Crippen molar-refractivity contribution in [1.82, 2.24) is 15.0 Å². The Labute approximate surface area is 106 Å². The first-order valence-electron chi connectivity index (χ1n) is 5.50. The number of nitrogens with one attached hydrogen (secondary N) is 1. The van der Waals surface area contributed by atoms with E-state index in [0.29, 0.717) is 23.7 Å². The van der Waals surface area contributed by atoms with Crippen LogP contribution in [0.3, 0.4) is 0 Å². The van der Waals surface area contributed by atoms with Crippen molar-refractivity contribution >= 4 is 23.7 Å². The summed E-state index contributed by atoms with van der Waals surface area (Å²) in [5.41, 5.74) is 0. The molecule has 0 aromatic carbocycles. The highest BCUT2D eigenvalue weighted by atomic mass is 32.2. The summed E-state index contributed by atoms with van der Waals surface area (Å²) in [5.74, 6) is 1.08. The van der Waals surface area contributed by atoms with Gasteiger partial charge in [0.15, 0.2) is 5.16 Å². The molecule has 0 amide bonds. The molecule has 1 rings (SSSR count). The molecule has 1 aromatic rings. The van der Waals surface area contributed by atoms with E-state index in [-0.39, 0.29) is 6.04 Å². The number of hydroxylamine groups is 1. The van der Waals surface area contributed by atoms with Crippen LogP contribution in [-0.2, 0) is 4.84 Å². The molecule has 1 N–H and O–H groups in total. The first-order chi connectivity index (χ1) is 8.06. The van der Waals surface area contributed by atoms with Crippen molar-refractivity contribution in [3.63, 3.8) is 0 Å². The predicted molar refractivity (Wildman–Crippen MR) is 70.4 cm³/mol. The fourth-order valence-corrected chi connectivity index (χ4v) is 1.50. The third-order valence-electron chi connectivity index (χ3n) is 1.81. The van der Waals surface area contributed by atoms with Gasteiger partial charge < -0.3 is 5.32 Å². The molecule has 1 heterocycles. The van der Waals surface area contributed by atoms with Crippen molar-refractivity contribution in [3.05, 3.63) is 0 Å². The second-order valence-electron chi connectivity index (χ2n) is 3.66. The number of nitrogens with zero attached hydrogens (tertiary/aromatic N) is 4. The maximum Gasteiger partial charge on any atom is 0.255 e. The molecule has 0 spiro atoms. The molecule has 17 heavy (non-hydrogen) atoms. The second-order valence-corrected chi connectivity index (χ2v) is 4.43. The van der Waals surface area contributed by atoms with E-state index in [4.69, 9.17) is 4.84 Å². The Morgan fingerprint density at radius 2 is 2.06 bits per heavy atom. The predicted octanol–water partition coefficient (Wildman–Crippen LogP) is 1.80. The Hall–Kier alpha value is -1.08. The lowest BCUT2D eigenvalue weighted by Gasteiger charge is -2.17. The minimum absolute atomic E-state index is 0.275. The smallest absolute Gasteiger partial charge is 0.255 e. The summed E-state index contributed by atoms with van der Waals surface area (Å²) in [7, 11) is 1.78. The Kier molecular flexibility index (Phi) is 5.43. The van der Waals surface area contributed by atoms with Crippen molar-refractivity contribution < 1.29 is 4.84 Å². The number of hydrogen-bond donors (Lipinski definition) is 1. The van der Waals surface area contributed by atoms with E-state index in [2.05, 4.69) is 20.3 Å². The monoisotopic (exact) mass is 257 g/mol. The van der Waals surface area contributed by atoms with E-state index in [1.54, 1.807) is 12.1 Å². The van der Waals surface area contributed by atoms with Gasteiger partial charge in [-0.05, 0) is 27.0 Å². The van der Waals surface area contributed by atoms with Crippen LogP contribution >= 0.6 is 11.8 Å². The van der Waals surface area contributed by atoms with Gasteiger partial charge in [-0.15, -0.1) is 0 Å². The first-order valence-corrected chi connectivity index (χ1v) is 6.72. The van der Waals surface area contributed by atoms with E-state index in [0.717, 1.165) is 0 Å².